The maximum absolute atomic E-state index is 12.3. The van der Waals surface area contributed by atoms with Crippen LogP contribution in [0.15, 0.2) is 54.7 Å². The van der Waals surface area contributed by atoms with E-state index >= 15 is 0 Å². The molecule has 0 spiro atoms. The molecule has 3 aromatic rings. The molecule has 2 heterocycles. The second-order valence-electron chi connectivity index (χ2n) is 9.38. The van der Waals surface area contributed by atoms with E-state index in [1.165, 1.54) is 5.69 Å². The molecule has 0 saturated carbocycles. The highest BCUT2D eigenvalue weighted by atomic mass is 16.5. The van der Waals surface area contributed by atoms with E-state index in [2.05, 4.69) is 45.5 Å². The number of morpholine rings is 1. The summed E-state index contributed by atoms with van der Waals surface area (Å²) in [6, 6.07) is 17.9. The van der Waals surface area contributed by atoms with Crippen LogP contribution >= 0.6 is 0 Å². The van der Waals surface area contributed by atoms with Gasteiger partial charge in [-0.1, -0.05) is 39.0 Å². The van der Waals surface area contributed by atoms with Crippen LogP contribution in [0, 0.1) is 16.7 Å². The number of aromatic nitrogens is 2. The standard InChI is InChI=1S/C27H29N5O2/c1-27(2,3)26(33)31-23-9-6-20(17-21(23)18-28)24-10-11-29-25(30-24)16-19-4-7-22(8-5-19)32-12-14-34-15-13-32/h4-11,17H,12-16H2,1-3H3,(H,31,33). The van der Waals surface area contributed by atoms with Gasteiger partial charge in [-0.15, -0.1) is 0 Å². The Morgan fingerprint density at radius 2 is 1.85 bits per heavy atom. The lowest BCUT2D eigenvalue weighted by Gasteiger charge is -2.28. The van der Waals surface area contributed by atoms with Gasteiger partial charge in [-0.2, -0.15) is 5.26 Å². The zero-order chi connectivity index (χ0) is 24.1. The van der Waals surface area contributed by atoms with E-state index in [-0.39, 0.29) is 5.91 Å². The summed E-state index contributed by atoms with van der Waals surface area (Å²) in [4.78, 5) is 23.8. The van der Waals surface area contributed by atoms with Crippen molar-refractivity contribution in [2.24, 2.45) is 5.41 Å². The van der Waals surface area contributed by atoms with Gasteiger partial charge in [0.15, 0.2) is 0 Å². The van der Waals surface area contributed by atoms with E-state index in [1.807, 2.05) is 32.9 Å². The second-order valence-corrected chi connectivity index (χ2v) is 9.38. The van der Waals surface area contributed by atoms with Crippen molar-refractivity contribution in [3.8, 4) is 17.3 Å². The molecule has 1 amide bonds. The van der Waals surface area contributed by atoms with Gasteiger partial charge in [0, 0.05) is 42.4 Å². The van der Waals surface area contributed by atoms with Crippen molar-refractivity contribution in [1.82, 2.24) is 9.97 Å². The molecule has 174 valence electrons. The smallest absolute Gasteiger partial charge is 0.229 e. The third-order valence-electron chi connectivity index (χ3n) is 5.75. The number of anilines is 2. The van der Waals surface area contributed by atoms with Crippen molar-refractivity contribution in [3.63, 3.8) is 0 Å². The largest absolute Gasteiger partial charge is 0.378 e. The van der Waals surface area contributed by atoms with Crippen molar-refractivity contribution in [1.29, 1.82) is 5.26 Å². The molecule has 34 heavy (non-hydrogen) atoms. The van der Waals surface area contributed by atoms with Gasteiger partial charge in [-0.25, -0.2) is 9.97 Å². The Morgan fingerprint density at radius 1 is 1.12 bits per heavy atom. The highest BCUT2D eigenvalue weighted by Crippen LogP contribution is 2.26. The molecule has 1 saturated heterocycles. The summed E-state index contributed by atoms with van der Waals surface area (Å²) in [7, 11) is 0. The highest BCUT2D eigenvalue weighted by Gasteiger charge is 2.22. The Balaban J connectivity index is 1.50. The molecular weight excluding hydrogens is 426 g/mol. The van der Waals surface area contributed by atoms with E-state index < -0.39 is 5.41 Å². The number of carbonyl (C=O) groups is 1. The summed E-state index contributed by atoms with van der Waals surface area (Å²) in [5, 5.41) is 12.5. The lowest BCUT2D eigenvalue weighted by molar-refractivity contribution is -0.123. The molecule has 1 aromatic heterocycles. The van der Waals surface area contributed by atoms with E-state index in [1.54, 1.807) is 18.3 Å². The molecule has 2 aromatic carbocycles. The molecule has 0 bridgehead atoms. The van der Waals surface area contributed by atoms with Crippen LogP contribution in [0.4, 0.5) is 11.4 Å². The van der Waals surface area contributed by atoms with Gasteiger partial charge in [0.2, 0.25) is 5.91 Å². The quantitative estimate of drug-likeness (QED) is 0.612. The van der Waals surface area contributed by atoms with Crippen LogP contribution in [0.25, 0.3) is 11.3 Å². The van der Waals surface area contributed by atoms with Gasteiger partial charge >= 0.3 is 0 Å². The molecule has 4 rings (SSSR count). The fourth-order valence-electron chi connectivity index (χ4n) is 3.69. The molecule has 0 unspecified atom stereocenters. The summed E-state index contributed by atoms with van der Waals surface area (Å²) in [5.74, 6) is 0.570. The fourth-order valence-corrected chi connectivity index (χ4v) is 3.69. The van der Waals surface area contributed by atoms with Gasteiger partial charge in [0.1, 0.15) is 11.9 Å². The van der Waals surface area contributed by atoms with E-state index in [0.29, 0.717) is 23.5 Å². The van der Waals surface area contributed by atoms with Crippen LogP contribution in [-0.4, -0.2) is 42.2 Å². The van der Waals surface area contributed by atoms with Gasteiger partial charge in [0.25, 0.3) is 0 Å². The average Bonchev–Trinajstić information content (AvgIpc) is 2.85. The highest BCUT2D eigenvalue weighted by molar-refractivity contribution is 5.96. The van der Waals surface area contributed by atoms with Crippen molar-refractivity contribution in [2.45, 2.75) is 27.2 Å². The number of benzene rings is 2. The molecule has 1 fully saturated rings. The minimum atomic E-state index is -0.548. The summed E-state index contributed by atoms with van der Waals surface area (Å²) in [5.41, 5.74) is 4.22. The van der Waals surface area contributed by atoms with Crippen LogP contribution in [-0.2, 0) is 16.0 Å². The fraction of sp³-hybridized carbons (Fsp3) is 0.333. The molecule has 0 aliphatic carbocycles. The van der Waals surface area contributed by atoms with Crippen LogP contribution in [0.3, 0.4) is 0 Å². The lowest BCUT2D eigenvalue weighted by atomic mass is 9.95. The van der Waals surface area contributed by atoms with Gasteiger partial charge in [-0.3, -0.25) is 4.79 Å². The van der Waals surface area contributed by atoms with Crippen LogP contribution < -0.4 is 10.2 Å². The van der Waals surface area contributed by atoms with Crippen molar-refractivity contribution in [3.05, 3.63) is 71.7 Å². The van der Waals surface area contributed by atoms with Crippen LogP contribution in [0.1, 0.15) is 37.7 Å². The first-order valence-electron chi connectivity index (χ1n) is 11.4. The predicted octanol–water partition coefficient (Wildman–Crippen LogP) is 4.43. The molecule has 1 aliphatic rings. The van der Waals surface area contributed by atoms with Crippen molar-refractivity contribution in [2.75, 3.05) is 36.5 Å². The van der Waals surface area contributed by atoms with Gasteiger partial charge in [0.05, 0.1) is 30.2 Å². The van der Waals surface area contributed by atoms with Crippen molar-refractivity contribution < 1.29 is 9.53 Å². The lowest BCUT2D eigenvalue weighted by Crippen LogP contribution is -2.36. The Morgan fingerprint density at radius 3 is 2.53 bits per heavy atom. The molecule has 1 N–H and O–H groups in total. The number of hydrogen-bond donors (Lipinski definition) is 1. The molecule has 1 aliphatic heterocycles. The second kappa shape index (κ2) is 10.0. The Kier molecular flexibility index (Phi) is 6.90. The monoisotopic (exact) mass is 455 g/mol. The molecular formula is C27H29N5O2. The first-order chi connectivity index (χ1) is 16.3. The van der Waals surface area contributed by atoms with E-state index in [4.69, 9.17) is 9.72 Å². The molecule has 7 nitrogen and oxygen atoms in total. The number of rotatable bonds is 5. The maximum atomic E-state index is 12.3. The number of nitrogens with zero attached hydrogens (tertiary/aromatic N) is 4. The number of carbonyl (C=O) groups excluding carboxylic acids is 1. The Hall–Kier alpha value is -3.76. The predicted molar refractivity (Wildman–Crippen MR) is 133 cm³/mol. The van der Waals surface area contributed by atoms with E-state index in [0.717, 1.165) is 43.1 Å². The van der Waals surface area contributed by atoms with E-state index in [9.17, 15) is 10.1 Å². The number of hydrogen-bond acceptors (Lipinski definition) is 6. The number of ether oxygens (including phenoxy) is 1. The van der Waals surface area contributed by atoms with Gasteiger partial charge < -0.3 is 15.0 Å². The summed E-state index contributed by atoms with van der Waals surface area (Å²) in [6.45, 7) is 8.85. The summed E-state index contributed by atoms with van der Waals surface area (Å²) >= 11 is 0. The Labute approximate surface area is 200 Å². The summed E-state index contributed by atoms with van der Waals surface area (Å²) in [6.07, 6.45) is 2.35. The number of nitriles is 1. The van der Waals surface area contributed by atoms with Gasteiger partial charge in [-0.05, 0) is 35.9 Å². The minimum absolute atomic E-state index is 0.138. The average molecular weight is 456 g/mol. The number of nitrogens with one attached hydrogen (secondary N) is 1. The number of amides is 1. The van der Waals surface area contributed by atoms with Crippen LogP contribution in [0.2, 0.25) is 0 Å². The van der Waals surface area contributed by atoms with Crippen LogP contribution in [0.5, 0.6) is 0 Å². The Bertz CT molecular complexity index is 1200. The normalized spacial score (nSPS) is 13.9. The molecule has 0 radical (unpaired) electrons. The SMILES string of the molecule is CC(C)(C)C(=O)Nc1ccc(-c2ccnc(Cc3ccc(N4CCOCC4)cc3)n2)cc1C#N. The third-order valence-corrected chi connectivity index (χ3v) is 5.75. The summed E-state index contributed by atoms with van der Waals surface area (Å²) < 4.78 is 5.43. The zero-order valence-corrected chi connectivity index (χ0v) is 19.8. The van der Waals surface area contributed by atoms with Crippen molar-refractivity contribution >= 4 is 17.3 Å². The first kappa shape index (κ1) is 23.4. The minimum Gasteiger partial charge on any atom is -0.378 e. The molecule has 0 atom stereocenters. The first-order valence-corrected chi connectivity index (χ1v) is 11.4. The topological polar surface area (TPSA) is 91.1 Å². The zero-order valence-electron chi connectivity index (χ0n) is 19.8. The third kappa shape index (κ3) is 5.59. The molecule has 7 heteroatoms. The maximum Gasteiger partial charge on any atom is 0.229 e.